The number of aromatic nitrogens is 1. The van der Waals surface area contributed by atoms with Gasteiger partial charge in [-0.05, 0) is 72.3 Å². The van der Waals surface area contributed by atoms with Crippen molar-refractivity contribution in [2.24, 2.45) is 7.05 Å². The maximum atomic E-state index is 14.6. The highest BCUT2D eigenvalue weighted by molar-refractivity contribution is 14.1. The number of fused-ring (bicyclic) bond motifs is 1. The highest BCUT2D eigenvalue weighted by Crippen LogP contribution is 2.35. The third-order valence-corrected chi connectivity index (χ3v) is 6.30. The Labute approximate surface area is 207 Å². The van der Waals surface area contributed by atoms with Gasteiger partial charge in [-0.15, -0.1) is 0 Å². The van der Waals surface area contributed by atoms with Gasteiger partial charge in [0.05, 0.1) is 16.9 Å². The molecule has 0 spiro atoms. The van der Waals surface area contributed by atoms with Gasteiger partial charge < -0.3 is 19.6 Å². The number of benzene rings is 2. The van der Waals surface area contributed by atoms with Gasteiger partial charge >= 0.3 is 5.63 Å². The first-order chi connectivity index (χ1) is 16.1. The maximum absolute atomic E-state index is 14.6. The lowest BCUT2D eigenvalue weighted by Crippen LogP contribution is -2.23. The monoisotopic (exact) mass is 573 g/mol. The van der Waals surface area contributed by atoms with Gasteiger partial charge in [0.25, 0.3) is 5.56 Å². The molecule has 0 saturated carbocycles. The van der Waals surface area contributed by atoms with Crippen LogP contribution in [0.15, 0.2) is 56.5 Å². The fourth-order valence-corrected chi connectivity index (χ4v) is 4.29. The lowest BCUT2D eigenvalue weighted by molar-refractivity contribution is -0.114. The number of amides is 1. The third-order valence-electron chi connectivity index (χ3n) is 5.63. The predicted octanol–water partition coefficient (Wildman–Crippen LogP) is 5.22. The quantitative estimate of drug-likeness (QED) is 0.327. The molecule has 0 aliphatic rings. The van der Waals surface area contributed by atoms with Crippen molar-refractivity contribution in [2.75, 3.05) is 10.6 Å². The molecule has 7 nitrogen and oxygen atoms in total. The van der Waals surface area contributed by atoms with Crippen molar-refractivity contribution in [3.8, 4) is 11.1 Å². The van der Waals surface area contributed by atoms with E-state index in [4.69, 9.17) is 4.42 Å². The van der Waals surface area contributed by atoms with Crippen LogP contribution in [0.3, 0.4) is 0 Å². The number of pyridine rings is 1. The number of halogens is 2. The molecule has 9 heteroatoms. The molecule has 0 radical (unpaired) electrons. The first kappa shape index (κ1) is 23.7. The summed E-state index contributed by atoms with van der Waals surface area (Å²) >= 11 is 2.00. The fraction of sp³-hybridized carbons (Fsp3) is 0.160. The number of carbonyl (C=O) groups excluding carboxylic acids is 1. The van der Waals surface area contributed by atoms with Gasteiger partial charge in [-0.25, -0.2) is 9.18 Å². The van der Waals surface area contributed by atoms with Gasteiger partial charge in [-0.3, -0.25) is 9.59 Å². The second-order valence-electron chi connectivity index (χ2n) is 7.93. The number of hydrogen-bond acceptors (Lipinski definition) is 5. The van der Waals surface area contributed by atoms with Gasteiger partial charge in [0, 0.05) is 34.5 Å². The average molecular weight is 573 g/mol. The van der Waals surface area contributed by atoms with Crippen LogP contribution in [0.4, 0.5) is 21.5 Å². The van der Waals surface area contributed by atoms with E-state index in [1.165, 1.54) is 24.5 Å². The molecule has 0 atom stereocenters. The van der Waals surface area contributed by atoms with Gasteiger partial charge in [-0.1, -0.05) is 12.1 Å². The van der Waals surface area contributed by atoms with Crippen LogP contribution in [0.5, 0.6) is 0 Å². The summed E-state index contributed by atoms with van der Waals surface area (Å²) in [5, 5.41) is 5.80. The van der Waals surface area contributed by atoms with Gasteiger partial charge in [-0.2, -0.15) is 0 Å². The van der Waals surface area contributed by atoms with Crippen LogP contribution in [0.1, 0.15) is 18.2 Å². The Morgan fingerprint density at radius 3 is 2.53 bits per heavy atom. The van der Waals surface area contributed by atoms with Crippen molar-refractivity contribution in [3.05, 3.63) is 83.9 Å². The molecule has 0 unspecified atom stereocenters. The van der Waals surface area contributed by atoms with Gasteiger partial charge in [0.2, 0.25) is 5.91 Å². The van der Waals surface area contributed by atoms with Gasteiger partial charge in [0.15, 0.2) is 5.58 Å². The molecule has 2 aromatic carbocycles. The summed E-state index contributed by atoms with van der Waals surface area (Å²) in [5.41, 5.74) is 1.81. The number of nitrogens with one attached hydrogen (secondary N) is 2. The largest absolute Gasteiger partial charge is 0.421 e. The third kappa shape index (κ3) is 4.23. The van der Waals surface area contributed by atoms with Crippen molar-refractivity contribution >= 4 is 56.5 Å². The minimum absolute atomic E-state index is 0.0876. The first-order valence-electron chi connectivity index (χ1n) is 10.4. The van der Waals surface area contributed by atoms with Crippen LogP contribution in [0.25, 0.3) is 22.1 Å². The topological polar surface area (TPSA) is 93.3 Å². The summed E-state index contributed by atoms with van der Waals surface area (Å²) in [5.74, 6) is -0.743. The molecule has 0 aliphatic heterocycles. The number of hydrogen-bond donors (Lipinski definition) is 2. The van der Waals surface area contributed by atoms with Crippen molar-refractivity contribution in [2.45, 2.75) is 20.8 Å². The molecule has 2 heterocycles. The van der Waals surface area contributed by atoms with Crippen LogP contribution >= 0.6 is 22.6 Å². The summed E-state index contributed by atoms with van der Waals surface area (Å²) < 4.78 is 22.4. The lowest BCUT2D eigenvalue weighted by Gasteiger charge is -2.18. The highest BCUT2D eigenvalue weighted by atomic mass is 127. The molecule has 2 aromatic heterocycles. The molecular formula is C25H21FIN3O4. The van der Waals surface area contributed by atoms with E-state index in [9.17, 15) is 18.8 Å². The molecule has 0 bridgehead atoms. The van der Waals surface area contributed by atoms with Crippen LogP contribution in [0, 0.1) is 23.2 Å². The van der Waals surface area contributed by atoms with E-state index >= 15 is 0 Å². The molecule has 4 rings (SSSR count). The highest BCUT2D eigenvalue weighted by Gasteiger charge is 2.23. The predicted molar refractivity (Wildman–Crippen MR) is 139 cm³/mol. The van der Waals surface area contributed by atoms with E-state index in [2.05, 4.69) is 10.6 Å². The van der Waals surface area contributed by atoms with Crippen LogP contribution in [0.2, 0.25) is 0 Å². The van der Waals surface area contributed by atoms with Gasteiger partial charge in [0.1, 0.15) is 11.2 Å². The SMILES string of the molecule is CC(=O)Nc1cccc(-c2c(C)n(C)c(=O)c3c(Nc4ccc(I)cc4F)c(C)c(=O)oc23)c1. The maximum Gasteiger partial charge on any atom is 0.341 e. The summed E-state index contributed by atoms with van der Waals surface area (Å²) in [4.78, 5) is 37.7. The second kappa shape index (κ2) is 9.05. The smallest absolute Gasteiger partial charge is 0.341 e. The summed E-state index contributed by atoms with van der Waals surface area (Å²) in [7, 11) is 1.62. The molecule has 34 heavy (non-hydrogen) atoms. The van der Waals surface area contributed by atoms with E-state index in [0.29, 0.717) is 26.1 Å². The first-order valence-corrected chi connectivity index (χ1v) is 11.4. The van der Waals surface area contributed by atoms with Crippen molar-refractivity contribution in [3.63, 3.8) is 0 Å². The Bertz CT molecular complexity index is 1590. The Balaban J connectivity index is 2.06. The summed E-state index contributed by atoms with van der Waals surface area (Å²) in [6, 6.07) is 11.6. The lowest BCUT2D eigenvalue weighted by atomic mass is 9.99. The number of rotatable bonds is 4. The zero-order valence-corrected chi connectivity index (χ0v) is 21.0. The Kier molecular flexibility index (Phi) is 6.30. The molecule has 4 aromatic rings. The van der Waals surface area contributed by atoms with Crippen LogP contribution < -0.4 is 21.8 Å². The molecule has 0 aliphatic carbocycles. The fourth-order valence-electron chi connectivity index (χ4n) is 3.83. The van der Waals surface area contributed by atoms with Crippen molar-refractivity contribution in [1.82, 2.24) is 4.57 Å². The number of nitrogens with zero attached hydrogens (tertiary/aromatic N) is 1. The van der Waals surface area contributed by atoms with E-state index < -0.39 is 17.0 Å². The average Bonchev–Trinajstić information content (AvgIpc) is 2.77. The number of carbonyl (C=O) groups is 1. The second-order valence-corrected chi connectivity index (χ2v) is 9.18. The Hall–Kier alpha value is -3.47. The standard InChI is InChI=1S/C25H21FIN3O4/c1-12-22(29-19-9-8-16(27)11-18(19)26)21-23(34-25(12)33)20(13(2)30(4)24(21)32)15-6-5-7-17(10-15)28-14(3)31/h5-11,29H,1-4H3,(H,28,31). The molecule has 1 amide bonds. The molecule has 174 valence electrons. The number of anilines is 3. The summed E-state index contributed by atoms with van der Waals surface area (Å²) in [6.45, 7) is 4.67. The zero-order chi connectivity index (χ0) is 24.7. The minimum atomic E-state index is -0.646. The molecule has 2 N–H and O–H groups in total. The van der Waals surface area contributed by atoms with Crippen molar-refractivity contribution in [1.29, 1.82) is 0 Å². The van der Waals surface area contributed by atoms with Crippen LogP contribution in [-0.2, 0) is 11.8 Å². The molecule has 0 fully saturated rings. The van der Waals surface area contributed by atoms with E-state index in [-0.39, 0.29) is 33.8 Å². The summed E-state index contributed by atoms with van der Waals surface area (Å²) in [6.07, 6.45) is 0. The van der Waals surface area contributed by atoms with E-state index in [1.54, 1.807) is 50.4 Å². The normalized spacial score (nSPS) is 11.0. The molecule has 0 saturated heterocycles. The Morgan fingerprint density at radius 1 is 1.12 bits per heavy atom. The zero-order valence-electron chi connectivity index (χ0n) is 18.9. The van der Waals surface area contributed by atoms with E-state index in [0.717, 1.165) is 0 Å². The minimum Gasteiger partial charge on any atom is -0.421 e. The van der Waals surface area contributed by atoms with Crippen molar-refractivity contribution < 1.29 is 13.6 Å². The molecular weight excluding hydrogens is 552 g/mol. The Morgan fingerprint density at radius 2 is 1.85 bits per heavy atom. The van der Waals surface area contributed by atoms with E-state index in [1.807, 2.05) is 22.6 Å². The van der Waals surface area contributed by atoms with Crippen LogP contribution in [-0.4, -0.2) is 10.5 Å².